The van der Waals surface area contributed by atoms with Crippen molar-refractivity contribution in [3.8, 4) is 0 Å². The Hall–Kier alpha value is -3.67. The summed E-state index contributed by atoms with van der Waals surface area (Å²) in [6.45, 7) is 2.27. The fourth-order valence-corrected chi connectivity index (χ4v) is 3.02. The summed E-state index contributed by atoms with van der Waals surface area (Å²) in [4.78, 5) is 31.0. The number of hydrogen-bond donors (Lipinski definition) is 0. The number of benzene rings is 3. The number of methoxy groups -OCH3 is 1. The zero-order valence-corrected chi connectivity index (χ0v) is 16.4. The lowest BCUT2D eigenvalue weighted by Crippen LogP contribution is -2.33. The number of anilines is 1. The summed E-state index contributed by atoms with van der Waals surface area (Å²) < 4.78 is 4.66. The molecule has 3 rings (SSSR count). The minimum Gasteiger partial charge on any atom is -0.465 e. The number of rotatable bonds is 7. The van der Waals surface area contributed by atoms with Crippen molar-refractivity contribution in [1.29, 1.82) is 0 Å². The van der Waals surface area contributed by atoms with E-state index in [0.29, 0.717) is 12.1 Å². The summed E-state index contributed by atoms with van der Waals surface area (Å²) in [5.41, 5.74) is 2.04. The topological polar surface area (TPSA) is 68.2 Å². The second-order valence-corrected chi connectivity index (χ2v) is 6.26. The van der Waals surface area contributed by atoms with Gasteiger partial charge in [-0.2, -0.15) is 0 Å². The summed E-state index contributed by atoms with van der Waals surface area (Å²) in [7, 11) is 1.33. The van der Waals surface area contributed by atoms with Gasteiger partial charge in [0.15, 0.2) is 6.61 Å². The maximum absolute atomic E-state index is 12.7. The van der Waals surface area contributed by atoms with E-state index in [2.05, 4.69) is 9.89 Å². The van der Waals surface area contributed by atoms with Crippen LogP contribution in [0.5, 0.6) is 0 Å². The molecule has 0 heterocycles. The predicted octanol–water partition coefficient (Wildman–Crippen LogP) is 4.03. The van der Waals surface area contributed by atoms with Crippen molar-refractivity contribution in [2.75, 3.05) is 25.2 Å². The second-order valence-electron chi connectivity index (χ2n) is 6.26. The fourth-order valence-electron chi connectivity index (χ4n) is 3.02. The van der Waals surface area contributed by atoms with Crippen LogP contribution in [-0.4, -0.2) is 38.4 Å². The Kier molecular flexibility index (Phi) is 6.58. The molecule has 0 aromatic heterocycles. The lowest BCUT2D eigenvalue weighted by atomic mass is 10.1. The Bertz CT molecular complexity index is 1020. The van der Waals surface area contributed by atoms with Crippen LogP contribution in [0.25, 0.3) is 10.8 Å². The summed E-state index contributed by atoms with van der Waals surface area (Å²) in [5.74, 6) is -0.578. The van der Waals surface area contributed by atoms with Crippen molar-refractivity contribution in [2.45, 2.75) is 6.92 Å². The molecule has 3 aromatic carbocycles. The molecule has 0 aliphatic rings. The number of fused-ring (bicyclic) bond motifs is 1. The first kappa shape index (κ1) is 20.1. The molecule has 29 heavy (non-hydrogen) atoms. The van der Waals surface area contributed by atoms with Gasteiger partial charge in [0.25, 0.3) is 5.91 Å². The van der Waals surface area contributed by atoms with Crippen LogP contribution in [0, 0.1) is 0 Å². The van der Waals surface area contributed by atoms with E-state index in [4.69, 9.17) is 4.84 Å². The molecule has 0 fully saturated rings. The van der Waals surface area contributed by atoms with Gasteiger partial charge >= 0.3 is 5.97 Å². The Labute approximate surface area is 169 Å². The Morgan fingerprint density at radius 2 is 1.72 bits per heavy atom. The number of esters is 1. The molecule has 0 aliphatic carbocycles. The zero-order chi connectivity index (χ0) is 20.6. The minimum absolute atomic E-state index is 0.173. The molecule has 0 unspecified atom stereocenters. The molecule has 0 spiro atoms. The first-order valence-electron chi connectivity index (χ1n) is 9.26. The molecule has 6 nitrogen and oxygen atoms in total. The van der Waals surface area contributed by atoms with E-state index < -0.39 is 5.97 Å². The molecule has 3 aromatic rings. The summed E-state index contributed by atoms with van der Waals surface area (Å²) >= 11 is 0. The van der Waals surface area contributed by atoms with E-state index in [1.165, 1.54) is 13.3 Å². The molecule has 148 valence electrons. The predicted molar refractivity (Wildman–Crippen MR) is 113 cm³/mol. The molecule has 0 aliphatic heterocycles. The molecular formula is C23H22N2O4. The highest BCUT2D eigenvalue weighted by molar-refractivity contribution is 6.04. The van der Waals surface area contributed by atoms with Crippen molar-refractivity contribution >= 4 is 34.6 Å². The quantitative estimate of drug-likeness (QED) is 0.347. The minimum atomic E-state index is -0.400. The zero-order valence-electron chi connectivity index (χ0n) is 16.4. The third-order valence-electron chi connectivity index (χ3n) is 4.47. The average Bonchev–Trinajstić information content (AvgIpc) is 2.77. The van der Waals surface area contributed by atoms with Gasteiger partial charge in [-0.25, -0.2) is 4.79 Å². The smallest absolute Gasteiger partial charge is 0.337 e. The molecular weight excluding hydrogens is 368 g/mol. The van der Waals surface area contributed by atoms with Crippen LogP contribution in [0.4, 0.5) is 5.69 Å². The van der Waals surface area contributed by atoms with Crippen molar-refractivity contribution < 1.29 is 19.2 Å². The molecule has 1 amide bonds. The van der Waals surface area contributed by atoms with Gasteiger partial charge in [0.2, 0.25) is 0 Å². The highest BCUT2D eigenvalue weighted by Crippen LogP contribution is 2.26. The summed E-state index contributed by atoms with van der Waals surface area (Å²) in [6.07, 6.45) is 1.49. The van der Waals surface area contributed by atoms with Gasteiger partial charge in [0.1, 0.15) is 0 Å². The van der Waals surface area contributed by atoms with Crippen LogP contribution in [-0.2, 0) is 14.4 Å². The van der Waals surface area contributed by atoms with Crippen LogP contribution in [0.2, 0.25) is 0 Å². The first-order chi connectivity index (χ1) is 14.1. The van der Waals surface area contributed by atoms with E-state index >= 15 is 0 Å². The Morgan fingerprint density at radius 3 is 2.45 bits per heavy atom. The number of oxime groups is 1. The molecule has 0 radical (unpaired) electrons. The SMILES string of the molecule is CCN(C(=O)CO/N=C/c1ccc(C(=O)OC)cc1)c1cccc2ccccc12. The van der Waals surface area contributed by atoms with E-state index in [1.807, 2.05) is 49.4 Å². The standard InChI is InChI=1S/C23H22N2O4/c1-3-25(21-10-6-8-18-7-4-5-9-20(18)21)22(26)16-29-24-15-17-11-13-19(14-12-17)23(27)28-2/h4-15H,3,16H2,1-2H3/b24-15+. The highest BCUT2D eigenvalue weighted by atomic mass is 16.6. The molecule has 0 saturated carbocycles. The number of amides is 1. The lowest BCUT2D eigenvalue weighted by Gasteiger charge is -2.22. The van der Waals surface area contributed by atoms with Gasteiger partial charge in [-0.3, -0.25) is 4.79 Å². The van der Waals surface area contributed by atoms with E-state index in [-0.39, 0.29) is 12.5 Å². The van der Waals surface area contributed by atoms with Gasteiger partial charge in [-0.05, 0) is 36.1 Å². The van der Waals surface area contributed by atoms with Gasteiger partial charge in [-0.1, -0.05) is 53.7 Å². The van der Waals surface area contributed by atoms with Crippen molar-refractivity contribution in [3.05, 3.63) is 77.9 Å². The average molecular weight is 390 g/mol. The Morgan fingerprint density at radius 1 is 1.00 bits per heavy atom. The maximum atomic E-state index is 12.7. The monoisotopic (exact) mass is 390 g/mol. The van der Waals surface area contributed by atoms with Gasteiger partial charge < -0.3 is 14.5 Å². The van der Waals surface area contributed by atoms with Crippen molar-refractivity contribution in [1.82, 2.24) is 0 Å². The first-order valence-corrected chi connectivity index (χ1v) is 9.26. The lowest BCUT2D eigenvalue weighted by molar-refractivity contribution is -0.123. The third-order valence-corrected chi connectivity index (χ3v) is 4.47. The van der Waals surface area contributed by atoms with E-state index in [9.17, 15) is 9.59 Å². The van der Waals surface area contributed by atoms with Gasteiger partial charge in [0, 0.05) is 11.9 Å². The number of likely N-dealkylation sites (N-methyl/N-ethyl adjacent to an activating group) is 1. The van der Waals surface area contributed by atoms with Gasteiger partial charge in [0.05, 0.1) is 24.6 Å². The Balaban J connectivity index is 1.63. The van der Waals surface area contributed by atoms with Crippen LogP contribution in [0.15, 0.2) is 71.9 Å². The highest BCUT2D eigenvalue weighted by Gasteiger charge is 2.16. The van der Waals surface area contributed by atoms with Gasteiger partial charge in [-0.15, -0.1) is 0 Å². The third kappa shape index (κ3) is 4.79. The second kappa shape index (κ2) is 9.50. The van der Waals surface area contributed by atoms with Crippen molar-refractivity contribution in [2.24, 2.45) is 5.16 Å². The molecule has 6 heteroatoms. The molecule has 0 N–H and O–H groups in total. The maximum Gasteiger partial charge on any atom is 0.337 e. The number of carbonyl (C=O) groups excluding carboxylic acids is 2. The number of nitrogens with zero attached hydrogens (tertiary/aromatic N) is 2. The normalized spacial score (nSPS) is 10.8. The van der Waals surface area contributed by atoms with E-state index in [1.54, 1.807) is 29.2 Å². The van der Waals surface area contributed by atoms with Crippen molar-refractivity contribution in [3.63, 3.8) is 0 Å². The number of carbonyl (C=O) groups is 2. The number of hydrogen-bond acceptors (Lipinski definition) is 5. The summed E-state index contributed by atoms with van der Waals surface area (Å²) in [6, 6.07) is 20.5. The van der Waals surface area contributed by atoms with Crippen LogP contribution in [0.1, 0.15) is 22.8 Å². The largest absolute Gasteiger partial charge is 0.465 e. The molecule has 0 atom stereocenters. The number of ether oxygens (including phenoxy) is 1. The van der Waals surface area contributed by atoms with E-state index in [0.717, 1.165) is 22.0 Å². The fraction of sp³-hybridized carbons (Fsp3) is 0.174. The summed E-state index contributed by atoms with van der Waals surface area (Å²) in [5, 5.41) is 5.95. The van der Waals surface area contributed by atoms with Crippen LogP contribution < -0.4 is 4.90 Å². The molecule has 0 saturated heterocycles. The van der Waals surface area contributed by atoms with Crippen LogP contribution in [0.3, 0.4) is 0 Å². The van der Waals surface area contributed by atoms with Crippen LogP contribution >= 0.6 is 0 Å². The molecule has 0 bridgehead atoms.